The molecule has 1 atom stereocenters. The molecule has 1 unspecified atom stereocenters. The molecule has 1 saturated carbocycles. The number of nitrogens with one attached hydrogen (secondary N) is 1. The number of hydrogen-bond donors (Lipinski definition) is 1. The van der Waals surface area contributed by atoms with Crippen LogP contribution in [0.4, 0.5) is 0 Å². The van der Waals surface area contributed by atoms with Crippen molar-refractivity contribution >= 4 is 29.3 Å². The second-order valence-corrected chi connectivity index (χ2v) is 8.04. The molecule has 8 heteroatoms. The number of hydrogen-bond acceptors (Lipinski definition) is 6. The van der Waals surface area contributed by atoms with Crippen LogP contribution in [0.25, 0.3) is 0 Å². The molecule has 0 saturated heterocycles. The maximum atomic E-state index is 12.3. The molecule has 1 aliphatic rings. The molecule has 1 heterocycles. The fourth-order valence-electron chi connectivity index (χ4n) is 2.79. The van der Waals surface area contributed by atoms with Crippen molar-refractivity contribution in [1.82, 2.24) is 15.5 Å². The Balaban J connectivity index is 1.46. The molecule has 1 N–H and O–H groups in total. The van der Waals surface area contributed by atoms with Gasteiger partial charge in [0.05, 0.1) is 5.25 Å². The van der Waals surface area contributed by atoms with Crippen LogP contribution in [0.2, 0.25) is 5.02 Å². The Kier molecular flexibility index (Phi) is 6.80. The standard InChI is InChI=1S/C18H22ClN3O3S/c1-12(17(23)20-14-5-3-2-4-6-14)26-18-22-21-16(25-18)11-24-15-9-7-13(19)8-10-15/h7-10,12,14H,2-6,11H2,1H3,(H,20,23). The van der Waals surface area contributed by atoms with Gasteiger partial charge in [0, 0.05) is 11.1 Å². The van der Waals surface area contributed by atoms with E-state index in [1.165, 1.54) is 31.0 Å². The van der Waals surface area contributed by atoms with Crippen molar-refractivity contribution in [3.8, 4) is 5.75 Å². The molecule has 1 fully saturated rings. The SMILES string of the molecule is CC(Sc1nnc(COc2ccc(Cl)cc2)o1)C(=O)NC1CCCCC1. The van der Waals surface area contributed by atoms with Gasteiger partial charge in [0.25, 0.3) is 11.1 Å². The molecule has 140 valence electrons. The highest BCUT2D eigenvalue weighted by atomic mass is 35.5. The molecule has 1 amide bonds. The van der Waals surface area contributed by atoms with Gasteiger partial charge in [0.1, 0.15) is 5.75 Å². The van der Waals surface area contributed by atoms with E-state index in [9.17, 15) is 4.79 Å². The molecular formula is C18H22ClN3O3S. The van der Waals surface area contributed by atoms with Gasteiger partial charge >= 0.3 is 0 Å². The molecule has 1 aromatic heterocycles. The lowest BCUT2D eigenvalue weighted by atomic mass is 9.95. The molecule has 1 aliphatic carbocycles. The summed E-state index contributed by atoms with van der Waals surface area (Å²) in [6.45, 7) is 2.01. The first-order valence-corrected chi connectivity index (χ1v) is 10.0. The highest BCUT2D eigenvalue weighted by Gasteiger charge is 2.22. The number of nitrogens with zero attached hydrogens (tertiary/aromatic N) is 2. The van der Waals surface area contributed by atoms with Crippen molar-refractivity contribution < 1.29 is 13.9 Å². The van der Waals surface area contributed by atoms with E-state index in [0.717, 1.165) is 12.8 Å². The molecule has 26 heavy (non-hydrogen) atoms. The van der Waals surface area contributed by atoms with Gasteiger partial charge in [-0.25, -0.2) is 0 Å². The second-order valence-electron chi connectivity index (χ2n) is 6.31. The van der Waals surface area contributed by atoms with Gasteiger partial charge < -0.3 is 14.5 Å². The molecule has 0 aliphatic heterocycles. The van der Waals surface area contributed by atoms with Crippen molar-refractivity contribution in [2.24, 2.45) is 0 Å². The fourth-order valence-corrected chi connectivity index (χ4v) is 3.63. The smallest absolute Gasteiger partial charge is 0.277 e. The number of rotatable bonds is 7. The van der Waals surface area contributed by atoms with Gasteiger partial charge in [-0.1, -0.05) is 42.6 Å². The summed E-state index contributed by atoms with van der Waals surface area (Å²) in [6.07, 6.45) is 5.77. The lowest BCUT2D eigenvalue weighted by molar-refractivity contribution is -0.121. The average Bonchev–Trinajstić information content (AvgIpc) is 3.09. The Hall–Kier alpha value is -1.73. The summed E-state index contributed by atoms with van der Waals surface area (Å²) < 4.78 is 11.1. The lowest BCUT2D eigenvalue weighted by Gasteiger charge is -2.23. The first-order valence-electron chi connectivity index (χ1n) is 8.78. The van der Waals surface area contributed by atoms with Crippen LogP contribution in [0.1, 0.15) is 44.9 Å². The zero-order valence-corrected chi connectivity index (χ0v) is 16.2. The highest BCUT2D eigenvalue weighted by Crippen LogP contribution is 2.24. The van der Waals surface area contributed by atoms with Crippen molar-refractivity contribution in [2.45, 2.75) is 62.1 Å². The monoisotopic (exact) mass is 395 g/mol. The Morgan fingerprint density at radius 3 is 2.77 bits per heavy atom. The summed E-state index contributed by atoms with van der Waals surface area (Å²) in [5.74, 6) is 1.04. The molecule has 3 rings (SSSR count). The normalized spacial score (nSPS) is 16.2. The largest absolute Gasteiger partial charge is 0.484 e. The van der Waals surface area contributed by atoms with E-state index in [0.29, 0.717) is 27.9 Å². The lowest BCUT2D eigenvalue weighted by Crippen LogP contribution is -2.40. The summed E-state index contributed by atoms with van der Waals surface area (Å²) in [4.78, 5) is 12.3. The second kappa shape index (κ2) is 9.28. The topological polar surface area (TPSA) is 77.2 Å². The summed E-state index contributed by atoms with van der Waals surface area (Å²) in [5.41, 5.74) is 0. The van der Waals surface area contributed by atoms with Crippen molar-refractivity contribution in [2.75, 3.05) is 0 Å². The predicted molar refractivity (Wildman–Crippen MR) is 100 cm³/mol. The van der Waals surface area contributed by atoms with Crippen LogP contribution in [-0.2, 0) is 11.4 Å². The Labute approximate surface area is 162 Å². The zero-order valence-electron chi connectivity index (χ0n) is 14.6. The van der Waals surface area contributed by atoms with E-state index in [1.807, 2.05) is 6.92 Å². The quantitative estimate of drug-likeness (QED) is 0.707. The minimum atomic E-state index is -0.289. The molecule has 0 bridgehead atoms. The summed E-state index contributed by atoms with van der Waals surface area (Å²) >= 11 is 7.10. The van der Waals surface area contributed by atoms with Gasteiger partial charge in [0.2, 0.25) is 5.91 Å². The predicted octanol–water partition coefficient (Wildman–Crippen LogP) is 4.23. The third-order valence-corrected chi connectivity index (χ3v) is 5.41. The van der Waals surface area contributed by atoms with Crippen LogP contribution in [0.3, 0.4) is 0 Å². The van der Waals surface area contributed by atoms with Crippen LogP contribution in [0, 0.1) is 0 Å². The highest BCUT2D eigenvalue weighted by molar-refractivity contribution is 8.00. The maximum absolute atomic E-state index is 12.3. The molecule has 0 spiro atoms. The number of carbonyl (C=O) groups excluding carboxylic acids is 1. The Bertz CT molecular complexity index is 717. The molecule has 2 aromatic rings. The number of ether oxygens (including phenoxy) is 1. The zero-order chi connectivity index (χ0) is 18.4. The van der Waals surface area contributed by atoms with Crippen LogP contribution < -0.4 is 10.1 Å². The fraction of sp³-hybridized carbons (Fsp3) is 0.500. The van der Waals surface area contributed by atoms with E-state index >= 15 is 0 Å². The average molecular weight is 396 g/mol. The minimum absolute atomic E-state index is 0.0130. The first-order chi connectivity index (χ1) is 12.6. The number of benzene rings is 1. The van der Waals surface area contributed by atoms with Crippen LogP contribution in [-0.4, -0.2) is 27.4 Å². The van der Waals surface area contributed by atoms with Crippen molar-refractivity contribution in [3.63, 3.8) is 0 Å². The number of aromatic nitrogens is 2. The molecule has 6 nitrogen and oxygen atoms in total. The third kappa shape index (κ3) is 5.64. The third-order valence-electron chi connectivity index (χ3n) is 4.22. The van der Waals surface area contributed by atoms with Gasteiger partial charge in [-0.3, -0.25) is 4.79 Å². The van der Waals surface area contributed by atoms with E-state index < -0.39 is 0 Å². The molecular weight excluding hydrogens is 374 g/mol. The van der Waals surface area contributed by atoms with Crippen LogP contribution in [0.5, 0.6) is 5.75 Å². The van der Waals surface area contributed by atoms with E-state index in [2.05, 4.69) is 15.5 Å². The summed E-state index contributed by atoms with van der Waals surface area (Å²) in [5, 5.41) is 11.8. The summed E-state index contributed by atoms with van der Waals surface area (Å²) in [7, 11) is 0. The van der Waals surface area contributed by atoms with Crippen LogP contribution >= 0.6 is 23.4 Å². The van der Waals surface area contributed by atoms with Crippen molar-refractivity contribution in [1.29, 1.82) is 0 Å². The first kappa shape index (κ1) is 19.0. The number of halogens is 1. The number of carbonyl (C=O) groups is 1. The van der Waals surface area contributed by atoms with E-state index in [1.54, 1.807) is 24.3 Å². The van der Waals surface area contributed by atoms with E-state index in [-0.39, 0.29) is 17.8 Å². The van der Waals surface area contributed by atoms with E-state index in [4.69, 9.17) is 20.8 Å². The maximum Gasteiger partial charge on any atom is 0.277 e. The number of thioether (sulfide) groups is 1. The van der Waals surface area contributed by atoms with Gasteiger partial charge in [-0.2, -0.15) is 0 Å². The van der Waals surface area contributed by atoms with Crippen molar-refractivity contribution in [3.05, 3.63) is 35.2 Å². The molecule has 0 radical (unpaired) electrons. The molecule has 1 aromatic carbocycles. The Morgan fingerprint density at radius 2 is 2.04 bits per heavy atom. The van der Waals surface area contributed by atoms with Crippen LogP contribution in [0.15, 0.2) is 33.9 Å². The number of amides is 1. The van der Waals surface area contributed by atoms with Gasteiger partial charge in [-0.05, 0) is 44.0 Å². The summed E-state index contributed by atoms with van der Waals surface area (Å²) in [6, 6.07) is 7.33. The van der Waals surface area contributed by atoms with Gasteiger partial charge in [-0.15, -0.1) is 10.2 Å². The van der Waals surface area contributed by atoms with Gasteiger partial charge in [0.15, 0.2) is 6.61 Å². The Morgan fingerprint density at radius 1 is 1.31 bits per heavy atom. The minimum Gasteiger partial charge on any atom is -0.484 e.